The SMILES string of the molecule is CCCCCCOS(=O)OCCCCCC. The maximum atomic E-state index is 11.2. The highest BCUT2D eigenvalue weighted by Crippen LogP contribution is 2.02. The van der Waals surface area contributed by atoms with Gasteiger partial charge in [-0.15, -0.1) is 0 Å². The highest BCUT2D eigenvalue weighted by atomic mass is 32.2. The predicted octanol–water partition coefficient (Wildman–Crippen LogP) is 3.76. The first kappa shape index (κ1) is 16.1. The fourth-order valence-electron chi connectivity index (χ4n) is 1.35. The van der Waals surface area contributed by atoms with Crippen LogP contribution in [0.3, 0.4) is 0 Å². The van der Waals surface area contributed by atoms with E-state index in [4.69, 9.17) is 8.37 Å². The first-order chi connectivity index (χ1) is 7.81. The lowest BCUT2D eigenvalue weighted by Crippen LogP contribution is -2.04. The van der Waals surface area contributed by atoms with Gasteiger partial charge in [-0.1, -0.05) is 52.4 Å². The van der Waals surface area contributed by atoms with Gasteiger partial charge >= 0.3 is 11.4 Å². The van der Waals surface area contributed by atoms with Crippen LogP contribution in [-0.4, -0.2) is 17.4 Å². The number of unbranched alkanes of at least 4 members (excludes halogenated alkanes) is 6. The van der Waals surface area contributed by atoms with Crippen molar-refractivity contribution in [3.8, 4) is 0 Å². The molecule has 0 spiro atoms. The summed E-state index contributed by atoms with van der Waals surface area (Å²) in [6.07, 6.45) is 9.07. The molecule has 0 atom stereocenters. The van der Waals surface area contributed by atoms with Crippen LogP contribution in [0.25, 0.3) is 0 Å². The van der Waals surface area contributed by atoms with Gasteiger partial charge in [-0.2, -0.15) is 4.21 Å². The van der Waals surface area contributed by atoms with Crippen LogP contribution in [0, 0.1) is 0 Å². The van der Waals surface area contributed by atoms with E-state index in [9.17, 15) is 4.21 Å². The van der Waals surface area contributed by atoms with Gasteiger partial charge in [0.15, 0.2) is 0 Å². The standard InChI is InChI=1S/C12H26O3S/c1-3-5-7-9-11-14-16(13)15-12-10-8-6-4-2/h3-12H2,1-2H3. The van der Waals surface area contributed by atoms with Gasteiger partial charge in [-0.3, -0.25) is 8.37 Å². The zero-order valence-corrected chi connectivity index (χ0v) is 11.5. The second-order valence-electron chi connectivity index (χ2n) is 3.97. The molecule has 98 valence electrons. The Balaban J connectivity index is 3.12. The van der Waals surface area contributed by atoms with Crippen molar-refractivity contribution in [1.82, 2.24) is 0 Å². The summed E-state index contributed by atoms with van der Waals surface area (Å²) in [6, 6.07) is 0. The molecule has 0 radical (unpaired) electrons. The van der Waals surface area contributed by atoms with Crippen molar-refractivity contribution in [1.29, 1.82) is 0 Å². The lowest BCUT2D eigenvalue weighted by atomic mass is 10.2. The highest BCUT2D eigenvalue weighted by Gasteiger charge is 2.00. The van der Waals surface area contributed by atoms with Crippen molar-refractivity contribution in [2.75, 3.05) is 13.2 Å². The Kier molecular flexibility index (Phi) is 13.2. The maximum Gasteiger partial charge on any atom is 0.304 e. The average molecular weight is 250 g/mol. The van der Waals surface area contributed by atoms with E-state index in [1.807, 2.05) is 0 Å². The zero-order chi connectivity index (χ0) is 12.1. The predicted molar refractivity (Wildman–Crippen MR) is 68.3 cm³/mol. The minimum atomic E-state index is -1.53. The molecule has 0 aromatic heterocycles. The summed E-state index contributed by atoms with van der Waals surface area (Å²) in [5.41, 5.74) is 0. The Hall–Kier alpha value is 0.0700. The lowest BCUT2D eigenvalue weighted by molar-refractivity contribution is 0.241. The molecule has 0 aliphatic carbocycles. The largest absolute Gasteiger partial charge is 0.304 e. The smallest absolute Gasteiger partial charge is 0.268 e. The molecule has 0 unspecified atom stereocenters. The summed E-state index contributed by atoms with van der Waals surface area (Å²) in [6.45, 7) is 5.42. The molecule has 0 aromatic carbocycles. The van der Waals surface area contributed by atoms with Crippen LogP contribution in [0.5, 0.6) is 0 Å². The topological polar surface area (TPSA) is 35.5 Å². The van der Waals surface area contributed by atoms with Gasteiger partial charge < -0.3 is 0 Å². The molecule has 0 aliphatic heterocycles. The van der Waals surface area contributed by atoms with Crippen molar-refractivity contribution in [2.24, 2.45) is 0 Å². The first-order valence-electron chi connectivity index (χ1n) is 6.49. The Labute approximate surface area is 103 Å². The molecular formula is C12H26O3S. The van der Waals surface area contributed by atoms with Gasteiger partial charge in [-0.05, 0) is 12.8 Å². The van der Waals surface area contributed by atoms with Crippen LogP contribution in [0.15, 0.2) is 0 Å². The Morgan fingerprint density at radius 3 is 1.56 bits per heavy atom. The summed E-state index contributed by atoms with van der Waals surface area (Å²) in [7, 11) is 0. The van der Waals surface area contributed by atoms with Crippen molar-refractivity contribution in [3.63, 3.8) is 0 Å². The van der Waals surface area contributed by atoms with Crippen LogP contribution in [0.4, 0.5) is 0 Å². The molecule has 0 N–H and O–H groups in total. The van der Waals surface area contributed by atoms with Crippen LogP contribution in [0.2, 0.25) is 0 Å². The Morgan fingerprint density at radius 1 is 0.750 bits per heavy atom. The zero-order valence-electron chi connectivity index (χ0n) is 10.7. The summed E-state index contributed by atoms with van der Waals surface area (Å²) >= 11 is -1.53. The minimum Gasteiger partial charge on any atom is -0.268 e. The average Bonchev–Trinajstić information content (AvgIpc) is 2.28. The maximum absolute atomic E-state index is 11.2. The van der Waals surface area contributed by atoms with Crippen LogP contribution >= 0.6 is 0 Å². The van der Waals surface area contributed by atoms with Crippen LogP contribution < -0.4 is 0 Å². The van der Waals surface area contributed by atoms with E-state index in [0.717, 1.165) is 25.7 Å². The molecule has 0 saturated carbocycles. The molecule has 0 amide bonds. The van der Waals surface area contributed by atoms with Gasteiger partial charge in [0, 0.05) is 0 Å². The van der Waals surface area contributed by atoms with Crippen molar-refractivity contribution < 1.29 is 12.6 Å². The second kappa shape index (κ2) is 13.1. The van der Waals surface area contributed by atoms with E-state index >= 15 is 0 Å². The van der Waals surface area contributed by atoms with Crippen LogP contribution in [-0.2, 0) is 19.7 Å². The molecule has 0 aliphatic rings. The highest BCUT2D eigenvalue weighted by molar-refractivity contribution is 7.75. The monoisotopic (exact) mass is 250 g/mol. The van der Waals surface area contributed by atoms with E-state index in [0.29, 0.717) is 13.2 Å². The molecule has 0 aromatic rings. The molecule has 0 fully saturated rings. The van der Waals surface area contributed by atoms with Gasteiger partial charge in [0.25, 0.3) is 0 Å². The molecule has 0 rings (SSSR count). The summed E-state index contributed by atoms with van der Waals surface area (Å²) < 4.78 is 21.3. The molecule has 3 nitrogen and oxygen atoms in total. The van der Waals surface area contributed by atoms with E-state index in [1.54, 1.807) is 0 Å². The minimum absolute atomic E-state index is 0.543. The van der Waals surface area contributed by atoms with E-state index in [1.165, 1.54) is 25.7 Å². The van der Waals surface area contributed by atoms with Crippen molar-refractivity contribution >= 4 is 11.4 Å². The van der Waals surface area contributed by atoms with Gasteiger partial charge in [0.2, 0.25) is 0 Å². The third-order valence-corrected chi connectivity index (χ3v) is 3.07. The third-order valence-electron chi connectivity index (χ3n) is 2.35. The van der Waals surface area contributed by atoms with E-state index < -0.39 is 11.4 Å². The molecule has 0 heterocycles. The van der Waals surface area contributed by atoms with E-state index in [-0.39, 0.29) is 0 Å². The Bertz CT molecular complexity index is 146. The molecular weight excluding hydrogens is 224 g/mol. The summed E-state index contributed by atoms with van der Waals surface area (Å²) in [5.74, 6) is 0. The van der Waals surface area contributed by atoms with Gasteiger partial charge in [-0.25, -0.2) is 0 Å². The molecule has 0 saturated heterocycles. The number of rotatable bonds is 12. The molecule has 0 bridgehead atoms. The number of hydrogen-bond donors (Lipinski definition) is 0. The van der Waals surface area contributed by atoms with Crippen LogP contribution in [0.1, 0.15) is 65.2 Å². The summed E-state index contributed by atoms with van der Waals surface area (Å²) in [5, 5.41) is 0. The molecule has 4 heteroatoms. The fraction of sp³-hybridized carbons (Fsp3) is 1.00. The lowest BCUT2D eigenvalue weighted by Gasteiger charge is -2.03. The van der Waals surface area contributed by atoms with Crippen molar-refractivity contribution in [2.45, 2.75) is 65.2 Å². The van der Waals surface area contributed by atoms with Crippen molar-refractivity contribution in [3.05, 3.63) is 0 Å². The van der Waals surface area contributed by atoms with Gasteiger partial charge in [0.05, 0.1) is 13.2 Å². The summed E-state index contributed by atoms with van der Waals surface area (Å²) in [4.78, 5) is 0. The van der Waals surface area contributed by atoms with Gasteiger partial charge in [0.1, 0.15) is 0 Å². The quantitative estimate of drug-likeness (QED) is 0.495. The Morgan fingerprint density at radius 2 is 1.19 bits per heavy atom. The second-order valence-corrected chi connectivity index (χ2v) is 4.85. The first-order valence-corrected chi connectivity index (χ1v) is 7.49. The third kappa shape index (κ3) is 12.1. The molecule has 16 heavy (non-hydrogen) atoms. The van der Waals surface area contributed by atoms with E-state index in [2.05, 4.69) is 13.8 Å². The normalized spacial score (nSPS) is 11.2. The fourth-order valence-corrected chi connectivity index (χ4v) is 1.92. The number of hydrogen-bond acceptors (Lipinski definition) is 3.